The van der Waals surface area contributed by atoms with E-state index in [4.69, 9.17) is 16.3 Å². The number of imidazole rings is 1. The van der Waals surface area contributed by atoms with Crippen molar-refractivity contribution in [3.05, 3.63) is 65.6 Å². The van der Waals surface area contributed by atoms with Crippen molar-refractivity contribution in [1.82, 2.24) is 30.0 Å². The van der Waals surface area contributed by atoms with E-state index in [2.05, 4.69) is 30.9 Å². The van der Waals surface area contributed by atoms with Gasteiger partial charge in [0.2, 0.25) is 11.9 Å². The molecule has 3 N–H and O–H groups in total. The number of pyridine rings is 1. The molecule has 174 valence electrons. The highest BCUT2D eigenvalue weighted by atomic mass is 35.5. The molecule has 1 unspecified atom stereocenters. The van der Waals surface area contributed by atoms with Gasteiger partial charge in [0.25, 0.3) is 0 Å². The zero-order chi connectivity index (χ0) is 23.5. The largest absolute Gasteiger partial charge is 0.495 e. The predicted molar refractivity (Wildman–Crippen MR) is 131 cm³/mol. The molecule has 4 aromatic rings. The summed E-state index contributed by atoms with van der Waals surface area (Å²) in [5, 5.41) is 9.92. The van der Waals surface area contributed by atoms with Crippen molar-refractivity contribution in [2.45, 2.75) is 18.9 Å². The van der Waals surface area contributed by atoms with Crippen molar-refractivity contribution in [3.8, 4) is 17.1 Å². The predicted octanol–water partition coefficient (Wildman–Crippen LogP) is 3.22. The summed E-state index contributed by atoms with van der Waals surface area (Å²) in [5.74, 6) is 0.945. The van der Waals surface area contributed by atoms with Crippen LogP contribution in [-0.4, -0.2) is 51.5 Å². The molecule has 1 fully saturated rings. The Balaban J connectivity index is 1.35. The van der Waals surface area contributed by atoms with Gasteiger partial charge in [0.15, 0.2) is 0 Å². The van der Waals surface area contributed by atoms with Crippen LogP contribution < -0.4 is 20.7 Å². The Labute approximate surface area is 201 Å². The molecule has 1 aliphatic heterocycles. The molecule has 1 saturated heterocycles. The van der Waals surface area contributed by atoms with E-state index < -0.39 is 0 Å². The number of rotatable bonds is 7. The Kier molecular flexibility index (Phi) is 6.29. The van der Waals surface area contributed by atoms with Crippen molar-refractivity contribution in [2.75, 3.05) is 25.5 Å². The number of methoxy groups -OCH3 is 1. The van der Waals surface area contributed by atoms with Gasteiger partial charge in [0, 0.05) is 18.8 Å². The first-order valence-electron chi connectivity index (χ1n) is 11.0. The number of carbonyl (C=O) groups is 1. The van der Waals surface area contributed by atoms with E-state index in [1.165, 1.54) is 0 Å². The molecular weight excluding hydrogens is 454 g/mol. The third-order valence-corrected chi connectivity index (χ3v) is 5.98. The molecule has 1 atom stereocenters. The fourth-order valence-corrected chi connectivity index (χ4v) is 4.21. The molecule has 1 aliphatic rings. The average Bonchev–Trinajstić information content (AvgIpc) is 3.51. The molecule has 1 amide bonds. The van der Waals surface area contributed by atoms with Crippen LogP contribution in [0.5, 0.6) is 5.75 Å². The summed E-state index contributed by atoms with van der Waals surface area (Å²) in [6.07, 6.45) is 6.43. The third kappa shape index (κ3) is 4.66. The van der Waals surface area contributed by atoms with Gasteiger partial charge < -0.3 is 20.7 Å². The molecule has 0 spiro atoms. The van der Waals surface area contributed by atoms with Gasteiger partial charge in [-0.05, 0) is 42.8 Å². The topological polar surface area (TPSA) is 105 Å². The number of benzene rings is 1. The van der Waals surface area contributed by atoms with Gasteiger partial charge in [-0.3, -0.25) is 9.20 Å². The highest BCUT2D eigenvalue weighted by molar-refractivity contribution is 6.32. The van der Waals surface area contributed by atoms with Crippen LogP contribution in [0.3, 0.4) is 0 Å². The second-order valence-corrected chi connectivity index (χ2v) is 8.46. The first kappa shape index (κ1) is 22.1. The second kappa shape index (κ2) is 9.66. The number of hydrogen-bond donors (Lipinski definition) is 3. The number of nitrogens with one attached hydrogen (secondary N) is 3. The SMILES string of the molecule is COc1cc(CC(=O)NC2CCNC2)ccc1Nc1ncc(Cl)c(-c2cnc3ccccn23)n1. The number of aromatic nitrogens is 4. The average molecular weight is 478 g/mol. The second-order valence-electron chi connectivity index (χ2n) is 8.06. The van der Waals surface area contributed by atoms with Crippen molar-refractivity contribution in [3.63, 3.8) is 0 Å². The summed E-state index contributed by atoms with van der Waals surface area (Å²) in [6.45, 7) is 1.75. The molecule has 9 nitrogen and oxygen atoms in total. The van der Waals surface area contributed by atoms with Crippen molar-refractivity contribution in [1.29, 1.82) is 0 Å². The fourth-order valence-electron chi connectivity index (χ4n) is 4.03. The van der Waals surface area contributed by atoms with E-state index in [0.29, 0.717) is 28.1 Å². The Morgan fingerprint density at radius 2 is 2.18 bits per heavy atom. The minimum absolute atomic E-state index is 0.00447. The van der Waals surface area contributed by atoms with Gasteiger partial charge in [0.05, 0.1) is 42.3 Å². The van der Waals surface area contributed by atoms with Crippen LogP contribution in [0.4, 0.5) is 11.6 Å². The molecule has 34 heavy (non-hydrogen) atoms. The molecule has 0 aliphatic carbocycles. The number of nitrogens with zero attached hydrogens (tertiary/aromatic N) is 4. The number of ether oxygens (including phenoxy) is 1. The number of halogens is 1. The number of anilines is 2. The van der Waals surface area contributed by atoms with Crippen molar-refractivity contribution < 1.29 is 9.53 Å². The normalized spacial score (nSPS) is 15.4. The zero-order valence-electron chi connectivity index (χ0n) is 18.6. The minimum Gasteiger partial charge on any atom is -0.495 e. The van der Waals surface area contributed by atoms with Gasteiger partial charge >= 0.3 is 0 Å². The molecule has 5 rings (SSSR count). The Hall–Kier alpha value is -3.69. The van der Waals surface area contributed by atoms with Gasteiger partial charge in [-0.1, -0.05) is 23.7 Å². The maximum Gasteiger partial charge on any atom is 0.227 e. The van der Waals surface area contributed by atoms with E-state index in [1.54, 1.807) is 19.5 Å². The quantitative estimate of drug-likeness (QED) is 0.375. The minimum atomic E-state index is -0.00447. The third-order valence-electron chi connectivity index (χ3n) is 5.71. The zero-order valence-corrected chi connectivity index (χ0v) is 19.3. The van der Waals surface area contributed by atoms with Crippen molar-refractivity contribution in [2.24, 2.45) is 0 Å². The number of hydrogen-bond acceptors (Lipinski definition) is 7. The lowest BCUT2D eigenvalue weighted by Crippen LogP contribution is -2.37. The lowest BCUT2D eigenvalue weighted by atomic mass is 10.1. The Bertz CT molecular complexity index is 1330. The van der Waals surface area contributed by atoms with Crippen LogP contribution in [0.25, 0.3) is 17.0 Å². The molecule has 1 aromatic carbocycles. The van der Waals surface area contributed by atoms with Gasteiger partial charge in [-0.25, -0.2) is 15.0 Å². The molecule has 0 radical (unpaired) electrons. The molecule has 3 aromatic heterocycles. The monoisotopic (exact) mass is 477 g/mol. The summed E-state index contributed by atoms with van der Waals surface area (Å²) < 4.78 is 7.47. The molecule has 10 heteroatoms. The van der Waals surface area contributed by atoms with E-state index in [1.807, 2.05) is 47.0 Å². The molecule has 0 bridgehead atoms. The van der Waals surface area contributed by atoms with E-state index in [9.17, 15) is 4.79 Å². The highest BCUT2D eigenvalue weighted by Crippen LogP contribution is 2.31. The van der Waals surface area contributed by atoms with Gasteiger partial charge in [-0.15, -0.1) is 0 Å². The van der Waals surface area contributed by atoms with E-state index >= 15 is 0 Å². The standard InChI is InChI=1S/C24H24ClN7O2/c1-34-20-10-15(11-22(33)29-16-7-8-26-12-16)5-6-18(20)30-24-28-13-17(25)23(31-24)19-14-27-21-4-2-3-9-32(19)21/h2-6,9-10,13-14,16,26H,7-8,11-12H2,1H3,(H,29,33)(H,28,30,31). The summed E-state index contributed by atoms with van der Waals surface area (Å²) in [6, 6.07) is 11.5. The molecular formula is C24H24ClN7O2. The van der Waals surface area contributed by atoms with Crippen LogP contribution in [0.1, 0.15) is 12.0 Å². The van der Waals surface area contributed by atoms with Crippen LogP contribution in [0.15, 0.2) is 55.0 Å². The lowest BCUT2D eigenvalue weighted by molar-refractivity contribution is -0.121. The molecule has 4 heterocycles. The van der Waals surface area contributed by atoms with E-state index in [0.717, 1.165) is 36.4 Å². The maximum atomic E-state index is 12.4. The highest BCUT2D eigenvalue weighted by Gasteiger charge is 2.18. The van der Waals surface area contributed by atoms with Crippen LogP contribution in [0.2, 0.25) is 5.02 Å². The van der Waals surface area contributed by atoms with Crippen LogP contribution >= 0.6 is 11.6 Å². The number of fused-ring (bicyclic) bond motifs is 1. The Morgan fingerprint density at radius 3 is 3.00 bits per heavy atom. The summed E-state index contributed by atoms with van der Waals surface area (Å²) >= 11 is 6.42. The maximum absolute atomic E-state index is 12.4. The smallest absolute Gasteiger partial charge is 0.227 e. The number of carbonyl (C=O) groups excluding carboxylic acids is 1. The van der Waals surface area contributed by atoms with Gasteiger partial charge in [0.1, 0.15) is 17.1 Å². The van der Waals surface area contributed by atoms with Gasteiger partial charge in [-0.2, -0.15) is 0 Å². The summed E-state index contributed by atoms with van der Waals surface area (Å²) in [4.78, 5) is 25.7. The van der Waals surface area contributed by atoms with E-state index in [-0.39, 0.29) is 18.4 Å². The number of amides is 1. The first-order chi connectivity index (χ1) is 16.6. The lowest BCUT2D eigenvalue weighted by Gasteiger charge is -2.14. The fraction of sp³-hybridized carbons (Fsp3) is 0.250. The first-order valence-corrected chi connectivity index (χ1v) is 11.4. The Morgan fingerprint density at radius 1 is 1.26 bits per heavy atom. The summed E-state index contributed by atoms with van der Waals surface area (Å²) in [7, 11) is 1.58. The van der Waals surface area contributed by atoms with Crippen molar-refractivity contribution >= 4 is 34.8 Å². The van der Waals surface area contributed by atoms with Crippen LogP contribution in [-0.2, 0) is 11.2 Å². The molecule has 0 saturated carbocycles. The summed E-state index contributed by atoms with van der Waals surface area (Å²) in [5.41, 5.74) is 3.66. The van der Waals surface area contributed by atoms with Crippen LogP contribution in [0, 0.1) is 0 Å².